The van der Waals surface area contributed by atoms with Crippen LogP contribution in [0.2, 0.25) is 0 Å². The second-order valence-electron chi connectivity index (χ2n) is 20.9. The summed E-state index contributed by atoms with van der Waals surface area (Å²) in [5, 5.41) is 0. The summed E-state index contributed by atoms with van der Waals surface area (Å²) in [6, 6.07) is 99.0. The lowest BCUT2D eigenvalue weighted by Crippen LogP contribution is -2.24. The van der Waals surface area contributed by atoms with E-state index in [0.717, 1.165) is 130 Å². The third kappa shape index (κ3) is 8.66. The van der Waals surface area contributed by atoms with Crippen LogP contribution in [0.5, 0.6) is 34.5 Å². The average Bonchev–Trinajstić information content (AvgIpc) is 2.93. The van der Waals surface area contributed by atoms with E-state index in [-0.39, 0.29) is 0 Å². The third-order valence-corrected chi connectivity index (χ3v) is 15.8. The number of hydrogen-bond donors (Lipinski definition) is 0. The van der Waals surface area contributed by atoms with Gasteiger partial charge in [0.15, 0.2) is 34.5 Å². The van der Waals surface area contributed by atoms with Gasteiger partial charge in [-0.05, 0) is 149 Å². The number of hydrogen-bond acceptors (Lipinski definition) is 4. The van der Waals surface area contributed by atoms with Crippen LogP contribution >= 0.6 is 0 Å². The first-order valence-corrected chi connectivity index (χ1v) is 28.1. The molecule has 0 saturated carbocycles. The predicted molar refractivity (Wildman–Crippen MR) is 335 cm³/mol. The van der Waals surface area contributed by atoms with Gasteiger partial charge >= 0.3 is 0 Å². The number of benzene rings is 11. The monoisotopic (exact) mass is 1050 g/mol. The minimum Gasteiger partial charge on any atom is -0.453 e. The molecule has 11 aromatic rings. The standard InChI is InChI=1S/C78H53NO3/c1-10-28-52(29-11-1)70(53-30-12-2-13-31-53)73(58-40-22-7-23-41-58)61-46-64-76-65(47-61)81-67-49-63(75(60-44-26-9-27-45-60)72(56-36-18-5-19-37-56)57-38-20-6-21-39-57)51-69-78(67)79(76)77-66(80-64)48-62(50-68(77)82-69)74(59-42-24-8-25-43-59)71(54-32-14-3-15-33-54)55-34-16-4-17-35-55/h1-8,10-26,28-51H,9,27H2. The maximum absolute atomic E-state index is 7.49. The third-order valence-electron chi connectivity index (χ3n) is 15.8. The maximum Gasteiger partial charge on any atom is 0.156 e. The normalized spacial score (nSPS) is 12.8. The topological polar surface area (TPSA) is 30.9 Å². The molecule has 0 bridgehead atoms. The van der Waals surface area contributed by atoms with Crippen molar-refractivity contribution >= 4 is 50.5 Å². The van der Waals surface area contributed by atoms with Crippen molar-refractivity contribution in [2.75, 3.05) is 4.90 Å². The van der Waals surface area contributed by atoms with Crippen LogP contribution in [0.3, 0.4) is 0 Å². The van der Waals surface area contributed by atoms with Gasteiger partial charge in [-0.2, -0.15) is 0 Å². The van der Waals surface area contributed by atoms with Gasteiger partial charge in [0.05, 0.1) is 0 Å². The Kier molecular flexibility index (Phi) is 12.3. The molecule has 3 aliphatic heterocycles. The molecular formula is C78H53NO3. The SMILES string of the molecule is C1=CC(C(=C(c2ccccc2)c2ccccc2)c2cc3c4c(c2)Oc2cc(C(=C(c5ccccc5)c5ccccc5)c5ccccc5)cc5c2N4c2c(cc(C(=C(c4ccccc4)c4ccccc4)c4ccccc4)cc2O5)O3)=CCC1. The molecule has 4 heteroatoms. The summed E-state index contributed by atoms with van der Waals surface area (Å²) in [4.78, 5) is 2.34. The summed E-state index contributed by atoms with van der Waals surface area (Å²) in [6.45, 7) is 0. The van der Waals surface area contributed by atoms with Gasteiger partial charge in [-0.1, -0.05) is 261 Å². The van der Waals surface area contributed by atoms with Crippen molar-refractivity contribution in [3.05, 3.63) is 364 Å². The summed E-state index contributed by atoms with van der Waals surface area (Å²) < 4.78 is 22.5. The first-order valence-electron chi connectivity index (χ1n) is 28.1. The minimum absolute atomic E-state index is 0.671. The van der Waals surface area contributed by atoms with E-state index in [2.05, 4.69) is 302 Å². The molecule has 0 aromatic heterocycles. The minimum atomic E-state index is 0.671. The number of rotatable bonds is 12. The zero-order valence-electron chi connectivity index (χ0n) is 44.9. The van der Waals surface area contributed by atoms with E-state index in [0.29, 0.717) is 34.5 Å². The van der Waals surface area contributed by atoms with Crippen molar-refractivity contribution in [3.63, 3.8) is 0 Å². The summed E-state index contributed by atoms with van der Waals surface area (Å²) in [7, 11) is 0. The number of nitrogens with zero attached hydrogens (tertiary/aromatic N) is 1. The van der Waals surface area contributed by atoms with E-state index in [1.165, 1.54) is 0 Å². The predicted octanol–water partition coefficient (Wildman–Crippen LogP) is 20.7. The molecule has 0 N–H and O–H groups in total. The zero-order valence-corrected chi connectivity index (χ0v) is 44.9. The molecule has 82 heavy (non-hydrogen) atoms. The van der Waals surface area contributed by atoms with Crippen molar-refractivity contribution in [1.82, 2.24) is 0 Å². The average molecular weight is 1050 g/mol. The van der Waals surface area contributed by atoms with Gasteiger partial charge < -0.3 is 14.2 Å². The first-order chi connectivity index (χ1) is 40.7. The van der Waals surface area contributed by atoms with Crippen molar-refractivity contribution < 1.29 is 14.2 Å². The summed E-state index contributed by atoms with van der Waals surface area (Å²) in [6.07, 6.45) is 8.86. The van der Waals surface area contributed by atoms with E-state index >= 15 is 0 Å². The van der Waals surface area contributed by atoms with Crippen LogP contribution in [0.15, 0.2) is 303 Å². The molecule has 388 valence electrons. The van der Waals surface area contributed by atoms with Crippen LogP contribution in [0, 0.1) is 0 Å². The number of ether oxygens (including phenoxy) is 3. The summed E-state index contributed by atoms with van der Waals surface area (Å²) in [5.41, 5.74) is 21.7. The Morgan fingerprint density at radius 3 is 0.695 bits per heavy atom. The van der Waals surface area contributed by atoms with Crippen LogP contribution in [0.25, 0.3) is 33.4 Å². The summed E-state index contributed by atoms with van der Waals surface area (Å²) >= 11 is 0. The highest BCUT2D eigenvalue weighted by Crippen LogP contribution is 2.68. The Morgan fingerprint density at radius 1 is 0.244 bits per heavy atom. The second kappa shape index (κ2) is 20.8. The van der Waals surface area contributed by atoms with Gasteiger partial charge in [-0.25, -0.2) is 0 Å². The summed E-state index contributed by atoms with van der Waals surface area (Å²) in [5.74, 6) is 4.05. The highest BCUT2D eigenvalue weighted by Gasteiger charge is 2.43. The molecule has 0 amide bonds. The van der Waals surface area contributed by atoms with Gasteiger partial charge in [0.25, 0.3) is 0 Å². The lowest BCUT2D eigenvalue weighted by molar-refractivity contribution is 0.417. The fourth-order valence-corrected chi connectivity index (χ4v) is 12.4. The Balaban J connectivity index is 1.04. The molecule has 11 aromatic carbocycles. The van der Waals surface area contributed by atoms with Crippen LogP contribution in [0.1, 0.15) is 74.0 Å². The Morgan fingerprint density at radius 2 is 0.463 bits per heavy atom. The molecule has 0 saturated heterocycles. The lowest BCUT2D eigenvalue weighted by Gasteiger charge is -2.42. The van der Waals surface area contributed by atoms with Crippen LogP contribution in [-0.4, -0.2) is 0 Å². The number of anilines is 3. The lowest BCUT2D eigenvalue weighted by atomic mass is 9.83. The quantitative estimate of drug-likeness (QED) is 0.114. The van der Waals surface area contributed by atoms with E-state index in [4.69, 9.17) is 14.2 Å². The molecule has 4 nitrogen and oxygen atoms in total. The fraction of sp³-hybridized carbons (Fsp3) is 0.0256. The van der Waals surface area contributed by atoms with Crippen LogP contribution < -0.4 is 19.1 Å². The largest absolute Gasteiger partial charge is 0.453 e. The van der Waals surface area contributed by atoms with E-state index in [9.17, 15) is 0 Å². The Bertz CT molecular complexity index is 4050. The van der Waals surface area contributed by atoms with E-state index in [1.807, 2.05) is 0 Å². The molecule has 0 atom stereocenters. The van der Waals surface area contributed by atoms with Gasteiger partial charge in [0.1, 0.15) is 17.1 Å². The van der Waals surface area contributed by atoms with Gasteiger partial charge in [-0.15, -0.1) is 0 Å². The highest BCUT2D eigenvalue weighted by molar-refractivity contribution is 6.11. The van der Waals surface area contributed by atoms with Crippen LogP contribution in [0.4, 0.5) is 17.1 Å². The van der Waals surface area contributed by atoms with Crippen molar-refractivity contribution in [2.45, 2.75) is 12.8 Å². The molecule has 15 rings (SSSR count). The Hall–Kier alpha value is -10.7. The van der Waals surface area contributed by atoms with Crippen molar-refractivity contribution in [3.8, 4) is 34.5 Å². The maximum atomic E-state index is 7.49. The fourth-order valence-electron chi connectivity index (χ4n) is 12.4. The highest BCUT2D eigenvalue weighted by atomic mass is 16.5. The molecule has 3 heterocycles. The molecule has 0 spiro atoms. The molecule has 0 radical (unpaired) electrons. The Labute approximate surface area is 478 Å². The van der Waals surface area contributed by atoms with E-state index < -0.39 is 0 Å². The smallest absolute Gasteiger partial charge is 0.156 e. The zero-order chi connectivity index (χ0) is 54.3. The van der Waals surface area contributed by atoms with Crippen LogP contribution in [-0.2, 0) is 0 Å². The molecule has 4 aliphatic rings. The van der Waals surface area contributed by atoms with Crippen molar-refractivity contribution in [2.24, 2.45) is 0 Å². The van der Waals surface area contributed by atoms with Gasteiger partial charge in [0, 0.05) is 0 Å². The van der Waals surface area contributed by atoms with Gasteiger partial charge in [-0.3, -0.25) is 4.90 Å². The molecule has 0 unspecified atom stereocenters. The van der Waals surface area contributed by atoms with Crippen molar-refractivity contribution in [1.29, 1.82) is 0 Å². The molecule has 0 fully saturated rings. The first kappa shape index (κ1) is 48.4. The molecule has 1 aliphatic carbocycles. The van der Waals surface area contributed by atoms with E-state index in [1.54, 1.807) is 0 Å². The number of allylic oxidation sites excluding steroid dienone is 5. The second-order valence-corrected chi connectivity index (χ2v) is 20.9. The van der Waals surface area contributed by atoms with Gasteiger partial charge in [0.2, 0.25) is 0 Å². The molecular weight excluding hydrogens is 999 g/mol.